The van der Waals surface area contributed by atoms with Gasteiger partial charge in [0.25, 0.3) is 5.91 Å². The molecular formula is C12H15N5OS. The summed E-state index contributed by atoms with van der Waals surface area (Å²) in [7, 11) is 0. The maximum atomic E-state index is 12.1. The minimum Gasteiger partial charge on any atom is -0.375 e. The molecule has 1 amide bonds. The third-order valence-electron chi connectivity index (χ3n) is 3.46. The lowest BCUT2D eigenvalue weighted by atomic mass is 10.1. The SMILES string of the molecule is Nc1nc(C(=O)NC2CCCC2n2ccnc2)cs1. The third kappa shape index (κ3) is 2.46. The Bertz CT molecular complexity index is 564. The predicted molar refractivity (Wildman–Crippen MR) is 72.9 cm³/mol. The summed E-state index contributed by atoms with van der Waals surface area (Å²) >= 11 is 1.28. The van der Waals surface area contributed by atoms with Crippen molar-refractivity contribution in [1.82, 2.24) is 19.9 Å². The standard InChI is InChI=1S/C12H15N5OS/c13-12-16-9(6-19-12)11(18)15-8-2-1-3-10(8)17-5-4-14-7-17/h4-8,10H,1-3H2,(H2,13,16)(H,15,18). The quantitative estimate of drug-likeness (QED) is 0.889. The zero-order valence-electron chi connectivity index (χ0n) is 10.3. The molecule has 1 fully saturated rings. The van der Waals surface area contributed by atoms with Gasteiger partial charge in [0, 0.05) is 23.8 Å². The van der Waals surface area contributed by atoms with Crippen molar-refractivity contribution in [2.45, 2.75) is 31.3 Å². The molecule has 2 aromatic rings. The van der Waals surface area contributed by atoms with Crippen LogP contribution in [0, 0.1) is 0 Å². The molecule has 1 saturated carbocycles. The van der Waals surface area contributed by atoms with E-state index in [1.165, 1.54) is 11.3 Å². The van der Waals surface area contributed by atoms with E-state index in [0.29, 0.717) is 10.8 Å². The molecule has 1 aliphatic rings. The average molecular weight is 277 g/mol. The van der Waals surface area contributed by atoms with Crippen LogP contribution in [0.1, 0.15) is 35.8 Å². The van der Waals surface area contributed by atoms with Crippen molar-refractivity contribution in [1.29, 1.82) is 0 Å². The first-order chi connectivity index (χ1) is 9.24. The number of nitrogen functional groups attached to an aromatic ring is 1. The van der Waals surface area contributed by atoms with E-state index in [9.17, 15) is 4.79 Å². The van der Waals surface area contributed by atoms with Crippen LogP contribution in [0.15, 0.2) is 24.1 Å². The number of anilines is 1. The summed E-state index contributed by atoms with van der Waals surface area (Å²) in [5.74, 6) is -0.148. The molecule has 0 saturated heterocycles. The number of rotatable bonds is 3. The van der Waals surface area contributed by atoms with Gasteiger partial charge in [0.1, 0.15) is 5.69 Å². The largest absolute Gasteiger partial charge is 0.375 e. The fourth-order valence-corrected chi connectivity index (χ4v) is 3.11. The molecule has 6 nitrogen and oxygen atoms in total. The van der Waals surface area contributed by atoms with Crippen LogP contribution < -0.4 is 11.1 Å². The van der Waals surface area contributed by atoms with Gasteiger partial charge in [-0.15, -0.1) is 11.3 Å². The molecule has 2 aromatic heterocycles. The molecule has 2 atom stereocenters. The van der Waals surface area contributed by atoms with Gasteiger partial charge in [-0.25, -0.2) is 9.97 Å². The second-order valence-corrected chi connectivity index (χ2v) is 5.55. The van der Waals surface area contributed by atoms with E-state index in [4.69, 9.17) is 5.73 Å². The van der Waals surface area contributed by atoms with Crippen molar-refractivity contribution >= 4 is 22.4 Å². The monoisotopic (exact) mass is 277 g/mol. The van der Waals surface area contributed by atoms with Crippen molar-refractivity contribution in [2.24, 2.45) is 0 Å². The fraction of sp³-hybridized carbons (Fsp3) is 0.417. The summed E-state index contributed by atoms with van der Waals surface area (Å²) in [4.78, 5) is 20.2. The van der Waals surface area contributed by atoms with Gasteiger partial charge in [-0.1, -0.05) is 0 Å². The fourth-order valence-electron chi connectivity index (χ4n) is 2.57. The van der Waals surface area contributed by atoms with Crippen LogP contribution >= 0.6 is 11.3 Å². The Balaban J connectivity index is 1.70. The summed E-state index contributed by atoms with van der Waals surface area (Å²) in [6, 6.07) is 0.409. The molecule has 7 heteroatoms. The number of amides is 1. The molecule has 0 radical (unpaired) electrons. The molecule has 19 heavy (non-hydrogen) atoms. The molecule has 0 bridgehead atoms. The Morgan fingerprint density at radius 2 is 2.42 bits per heavy atom. The molecule has 1 aliphatic carbocycles. The predicted octanol–water partition coefficient (Wildman–Crippen LogP) is 1.45. The van der Waals surface area contributed by atoms with E-state index in [1.54, 1.807) is 17.9 Å². The van der Waals surface area contributed by atoms with Crippen molar-refractivity contribution < 1.29 is 4.79 Å². The minimum absolute atomic E-state index is 0.129. The highest BCUT2D eigenvalue weighted by molar-refractivity contribution is 7.13. The van der Waals surface area contributed by atoms with Crippen LogP contribution in [0.3, 0.4) is 0 Å². The molecule has 0 aromatic carbocycles. The molecule has 3 rings (SSSR count). The van der Waals surface area contributed by atoms with Crippen LogP contribution in [0.2, 0.25) is 0 Å². The van der Waals surface area contributed by atoms with Gasteiger partial charge in [-0.3, -0.25) is 4.79 Å². The average Bonchev–Trinajstić information content (AvgIpc) is 3.07. The molecule has 2 unspecified atom stereocenters. The molecule has 100 valence electrons. The first-order valence-electron chi connectivity index (χ1n) is 6.23. The van der Waals surface area contributed by atoms with E-state index in [2.05, 4.69) is 19.9 Å². The zero-order chi connectivity index (χ0) is 13.2. The molecule has 3 N–H and O–H groups in total. The minimum atomic E-state index is -0.148. The van der Waals surface area contributed by atoms with E-state index < -0.39 is 0 Å². The van der Waals surface area contributed by atoms with Crippen molar-refractivity contribution in [3.05, 3.63) is 29.8 Å². The Morgan fingerprint density at radius 3 is 3.11 bits per heavy atom. The number of imidazole rings is 1. The topological polar surface area (TPSA) is 85.8 Å². The second kappa shape index (κ2) is 5.00. The van der Waals surface area contributed by atoms with Gasteiger partial charge in [0.05, 0.1) is 12.4 Å². The maximum absolute atomic E-state index is 12.1. The number of nitrogens with two attached hydrogens (primary N) is 1. The third-order valence-corrected chi connectivity index (χ3v) is 4.13. The number of hydrogen-bond donors (Lipinski definition) is 2. The number of aromatic nitrogens is 3. The Morgan fingerprint density at radius 1 is 1.53 bits per heavy atom. The highest BCUT2D eigenvalue weighted by atomic mass is 32.1. The molecular weight excluding hydrogens is 262 g/mol. The van der Waals surface area contributed by atoms with E-state index in [-0.39, 0.29) is 18.0 Å². The van der Waals surface area contributed by atoms with Crippen LogP contribution in [-0.2, 0) is 0 Å². The lowest BCUT2D eigenvalue weighted by molar-refractivity contribution is 0.0924. The van der Waals surface area contributed by atoms with Crippen LogP contribution in [0.5, 0.6) is 0 Å². The number of nitrogens with zero attached hydrogens (tertiary/aromatic N) is 3. The number of hydrogen-bond acceptors (Lipinski definition) is 5. The molecule has 0 aliphatic heterocycles. The highest BCUT2D eigenvalue weighted by Gasteiger charge is 2.30. The van der Waals surface area contributed by atoms with Gasteiger partial charge >= 0.3 is 0 Å². The van der Waals surface area contributed by atoms with Crippen molar-refractivity contribution in [2.75, 3.05) is 5.73 Å². The normalized spacial score (nSPS) is 22.5. The summed E-state index contributed by atoms with van der Waals surface area (Å²) in [6.07, 6.45) is 8.64. The number of nitrogens with one attached hydrogen (secondary N) is 1. The van der Waals surface area contributed by atoms with Crippen LogP contribution in [0.25, 0.3) is 0 Å². The first-order valence-corrected chi connectivity index (χ1v) is 7.11. The first kappa shape index (κ1) is 12.2. The van der Waals surface area contributed by atoms with Gasteiger partial charge in [-0.2, -0.15) is 0 Å². The van der Waals surface area contributed by atoms with E-state index in [1.807, 2.05) is 6.20 Å². The molecule has 2 heterocycles. The summed E-state index contributed by atoms with van der Waals surface area (Å²) in [5, 5.41) is 5.15. The van der Waals surface area contributed by atoms with Gasteiger partial charge in [0.2, 0.25) is 0 Å². The van der Waals surface area contributed by atoms with Crippen LogP contribution in [0.4, 0.5) is 5.13 Å². The molecule has 0 spiro atoms. The lowest BCUT2D eigenvalue weighted by Gasteiger charge is -2.21. The summed E-state index contributed by atoms with van der Waals surface area (Å²) < 4.78 is 2.06. The maximum Gasteiger partial charge on any atom is 0.271 e. The summed E-state index contributed by atoms with van der Waals surface area (Å²) in [5.41, 5.74) is 5.95. The van der Waals surface area contributed by atoms with E-state index >= 15 is 0 Å². The van der Waals surface area contributed by atoms with Gasteiger partial charge < -0.3 is 15.6 Å². The Labute approximate surface area is 114 Å². The number of carbonyl (C=O) groups excluding carboxylic acids is 1. The second-order valence-electron chi connectivity index (χ2n) is 4.66. The zero-order valence-corrected chi connectivity index (χ0v) is 11.1. The van der Waals surface area contributed by atoms with E-state index in [0.717, 1.165) is 19.3 Å². The smallest absolute Gasteiger partial charge is 0.271 e. The lowest BCUT2D eigenvalue weighted by Crippen LogP contribution is -2.38. The van der Waals surface area contributed by atoms with Gasteiger partial charge in [0.15, 0.2) is 5.13 Å². The van der Waals surface area contributed by atoms with Crippen molar-refractivity contribution in [3.63, 3.8) is 0 Å². The van der Waals surface area contributed by atoms with Gasteiger partial charge in [-0.05, 0) is 19.3 Å². The number of carbonyl (C=O) groups is 1. The number of thiazole rings is 1. The van der Waals surface area contributed by atoms with Crippen LogP contribution in [-0.4, -0.2) is 26.5 Å². The summed E-state index contributed by atoms with van der Waals surface area (Å²) in [6.45, 7) is 0. The Kier molecular flexibility index (Phi) is 3.20. The van der Waals surface area contributed by atoms with Crippen molar-refractivity contribution in [3.8, 4) is 0 Å². The Hall–Kier alpha value is -1.89. The highest BCUT2D eigenvalue weighted by Crippen LogP contribution is 2.30.